The van der Waals surface area contributed by atoms with Crippen molar-refractivity contribution in [2.24, 2.45) is 10.8 Å². The molecule has 0 bridgehead atoms. The quantitative estimate of drug-likeness (QED) is 0.716. The normalized spacial score (nSPS) is 20.6. The van der Waals surface area contributed by atoms with Gasteiger partial charge in [-0.25, -0.2) is 0 Å². The van der Waals surface area contributed by atoms with Gasteiger partial charge in [0.25, 0.3) is 0 Å². The molecular formula is C15H19ClO. The van der Waals surface area contributed by atoms with E-state index in [9.17, 15) is 4.79 Å². The van der Waals surface area contributed by atoms with Crippen LogP contribution < -0.4 is 0 Å². The van der Waals surface area contributed by atoms with Crippen molar-refractivity contribution in [3.05, 3.63) is 35.9 Å². The molecule has 1 atom stereocenters. The van der Waals surface area contributed by atoms with Crippen LogP contribution in [0.3, 0.4) is 0 Å². The van der Waals surface area contributed by atoms with Gasteiger partial charge in [-0.05, 0) is 48.3 Å². The van der Waals surface area contributed by atoms with Gasteiger partial charge in [0.1, 0.15) is 0 Å². The molecule has 0 heterocycles. The highest BCUT2D eigenvalue weighted by Gasteiger charge is 2.46. The zero-order chi connectivity index (χ0) is 12.5. The molecule has 1 aromatic rings. The molecule has 1 aromatic carbocycles. The fourth-order valence-corrected chi connectivity index (χ4v) is 2.71. The van der Waals surface area contributed by atoms with Gasteiger partial charge < -0.3 is 0 Å². The highest BCUT2D eigenvalue weighted by molar-refractivity contribution is 6.64. The van der Waals surface area contributed by atoms with Crippen LogP contribution in [0.5, 0.6) is 0 Å². The molecule has 2 rings (SSSR count). The summed E-state index contributed by atoms with van der Waals surface area (Å²) >= 11 is 5.83. The second-order valence-corrected chi connectivity index (χ2v) is 6.33. The Hall–Kier alpha value is -0.820. The number of halogens is 1. The highest BCUT2D eigenvalue weighted by Crippen LogP contribution is 2.54. The Balaban J connectivity index is 2.14. The van der Waals surface area contributed by atoms with Crippen molar-refractivity contribution in [3.63, 3.8) is 0 Å². The molecule has 1 unspecified atom stereocenters. The van der Waals surface area contributed by atoms with E-state index < -0.39 is 5.41 Å². The maximum atomic E-state index is 11.7. The average Bonchev–Trinajstić information content (AvgIpc) is 2.96. The summed E-state index contributed by atoms with van der Waals surface area (Å²) in [4.78, 5) is 11.7. The van der Waals surface area contributed by atoms with Gasteiger partial charge in [-0.15, -0.1) is 0 Å². The Kier molecular flexibility index (Phi) is 3.31. The smallest absolute Gasteiger partial charge is 0.227 e. The van der Waals surface area contributed by atoms with Crippen LogP contribution in [-0.4, -0.2) is 5.24 Å². The number of benzene rings is 1. The van der Waals surface area contributed by atoms with Crippen molar-refractivity contribution >= 4 is 16.8 Å². The second-order valence-electron chi connectivity index (χ2n) is 5.98. The SMILES string of the molecule is CC1(CC(C)(Cc2ccccc2)C(=O)Cl)CC1. The third-order valence-corrected chi connectivity index (χ3v) is 4.29. The van der Waals surface area contributed by atoms with Crippen molar-refractivity contribution in [1.82, 2.24) is 0 Å². The maximum absolute atomic E-state index is 11.7. The van der Waals surface area contributed by atoms with Crippen LogP contribution >= 0.6 is 11.6 Å². The maximum Gasteiger partial charge on any atom is 0.227 e. The lowest BCUT2D eigenvalue weighted by Gasteiger charge is -2.28. The van der Waals surface area contributed by atoms with Crippen molar-refractivity contribution in [2.45, 2.75) is 39.5 Å². The van der Waals surface area contributed by atoms with Crippen LogP contribution in [0, 0.1) is 10.8 Å². The minimum Gasteiger partial charge on any atom is -0.281 e. The zero-order valence-electron chi connectivity index (χ0n) is 10.5. The van der Waals surface area contributed by atoms with Crippen molar-refractivity contribution in [1.29, 1.82) is 0 Å². The van der Waals surface area contributed by atoms with Crippen molar-refractivity contribution in [3.8, 4) is 0 Å². The first-order chi connectivity index (χ1) is 7.94. The van der Waals surface area contributed by atoms with E-state index in [-0.39, 0.29) is 5.24 Å². The van der Waals surface area contributed by atoms with E-state index in [1.54, 1.807) is 0 Å². The number of rotatable bonds is 5. The number of hydrogen-bond acceptors (Lipinski definition) is 1. The fraction of sp³-hybridized carbons (Fsp3) is 0.533. The molecule has 92 valence electrons. The molecular weight excluding hydrogens is 232 g/mol. The minimum atomic E-state index is -0.422. The fourth-order valence-electron chi connectivity index (χ4n) is 2.58. The highest BCUT2D eigenvalue weighted by atomic mass is 35.5. The van der Waals surface area contributed by atoms with Gasteiger partial charge in [-0.3, -0.25) is 4.79 Å². The molecule has 0 N–H and O–H groups in total. The first-order valence-electron chi connectivity index (χ1n) is 6.18. The van der Waals surface area contributed by atoms with Crippen LogP contribution in [0.1, 0.15) is 38.7 Å². The van der Waals surface area contributed by atoms with Crippen molar-refractivity contribution < 1.29 is 4.79 Å². The molecule has 1 aliphatic rings. The van der Waals surface area contributed by atoms with E-state index >= 15 is 0 Å². The summed E-state index contributed by atoms with van der Waals surface area (Å²) in [5.41, 5.74) is 1.11. The summed E-state index contributed by atoms with van der Waals surface area (Å²) in [5.74, 6) is 0. The number of carbonyl (C=O) groups is 1. The summed E-state index contributed by atoms with van der Waals surface area (Å²) in [6.45, 7) is 4.25. The van der Waals surface area contributed by atoms with E-state index in [1.165, 1.54) is 18.4 Å². The van der Waals surface area contributed by atoms with Crippen LogP contribution in [0.4, 0.5) is 0 Å². The lowest BCUT2D eigenvalue weighted by Crippen LogP contribution is -2.29. The summed E-state index contributed by atoms with van der Waals surface area (Å²) in [6, 6.07) is 10.1. The predicted molar refractivity (Wildman–Crippen MR) is 71.1 cm³/mol. The number of carbonyl (C=O) groups excluding carboxylic acids is 1. The zero-order valence-corrected chi connectivity index (χ0v) is 11.3. The van der Waals surface area contributed by atoms with Gasteiger partial charge in [-0.1, -0.05) is 44.2 Å². The summed E-state index contributed by atoms with van der Waals surface area (Å²) < 4.78 is 0. The van der Waals surface area contributed by atoms with E-state index in [2.05, 4.69) is 19.1 Å². The van der Waals surface area contributed by atoms with Crippen LogP contribution in [0.2, 0.25) is 0 Å². The molecule has 2 heteroatoms. The monoisotopic (exact) mass is 250 g/mol. The summed E-state index contributed by atoms with van der Waals surface area (Å²) in [7, 11) is 0. The molecule has 0 radical (unpaired) electrons. The Bertz CT molecular complexity index is 408. The molecule has 0 saturated heterocycles. The Labute approximate surface area is 108 Å². The Morgan fingerprint density at radius 2 is 1.94 bits per heavy atom. The Morgan fingerprint density at radius 1 is 1.35 bits per heavy atom. The summed E-state index contributed by atoms with van der Waals surface area (Å²) in [5, 5.41) is -0.200. The molecule has 0 aliphatic heterocycles. The second kappa shape index (κ2) is 4.45. The molecule has 0 aromatic heterocycles. The van der Waals surface area contributed by atoms with E-state index in [4.69, 9.17) is 11.6 Å². The molecule has 1 fully saturated rings. The Morgan fingerprint density at radius 3 is 2.41 bits per heavy atom. The van der Waals surface area contributed by atoms with Gasteiger partial charge in [0.05, 0.1) is 0 Å². The first-order valence-corrected chi connectivity index (χ1v) is 6.55. The molecule has 1 nitrogen and oxygen atoms in total. The first kappa shape index (κ1) is 12.6. The lowest BCUT2D eigenvalue weighted by atomic mass is 9.76. The van der Waals surface area contributed by atoms with Gasteiger partial charge in [0, 0.05) is 5.41 Å². The number of hydrogen-bond donors (Lipinski definition) is 0. The van der Waals surface area contributed by atoms with Gasteiger partial charge in [-0.2, -0.15) is 0 Å². The summed E-state index contributed by atoms with van der Waals surface area (Å²) in [6.07, 6.45) is 4.09. The average molecular weight is 251 g/mol. The topological polar surface area (TPSA) is 17.1 Å². The van der Waals surface area contributed by atoms with Crippen LogP contribution in [0.15, 0.2) is 30.3 Å². The molecule has 0 amide bonds. The van der Waals surface area contributed by atoms with Crippen LogP contribution in [0.25, 0.3) is 0 Å². The van der Waals surface area contributed by atoms with Crippen LogP contribution in [-0.2, 0) is 11.2 Å². The molecule has 0 spiro atoms. The molecule has 17 heavy (non-hydrogen) atoms. The van der Waals surface area contributed by atoms with E-state index in [1.807, 2.05) is 25.1 Å². The lowest BCUT2D eigenvalue weighted by molar-refractivity contribution is -0.120. The third-order valence-electron chi connectivity index (χ3n) is 3.83. The van der Waals surface area contributed by atoms with Gasteiger partial charge in [0.2, 0.25) is 5.24 Å². The largest absolute Gasteiger partial charge is 0.281 e. The van der Waals surface area contributed by atoms with Gasteiger partial charge in [0.15, 0.2) is 0 Å². The molecule has 1 aliphatic carbocycles. The van der Waals surface area contributed by atoms with E-state index in [0.717, 1.165) is 12.8 Å². The predicted octanol–water partition coefficient (Wildman–Crippen LogP) is 4.19. The molecule has 1 saturated carbocycles. The minimum absolute atomic E-state index is 0.200. The third kappa shape index (κ3) is 3.10. The van der Waals surface area contributed by atoms with Gasteiger partial charge >= 0.3 is 0 Å². The standard InChI is InChI=1S/C15H19ClO/c1-14(8-9-14)11-15(2,13(16)17)10-12-6-4-3-5-7-12/h3-7H,8-11H2,1-2H3. The van der Waals surface area contributed by atoms with E-state index in [0.29, 0.717) is 5.41 Å². The van der Waals surface area contributed by atoms with Crippen molar-refractivity contribution in [2.75, 3.05) is 0 Å².